The third-order valence-corrected chi connectivity index (χ3v) is 5.38. The quantitative estimate of drug-likeness (QED) is 0.852. The number of ether oxygens (including phenoxy) is 2. The zero-order valence-electron chi connectivity index (χ0n) is 14.9. The van der Waals surface area contributed by atoms with Gasteiger partial charge in [-0.15, -0.1) is 0 Å². The van der Waals surface area contributed by atoms with Crippen LogP contribution in [0.5, 0.6) is 11.5 Å². The lowest BCUT2D eigenvalue weighted by Crippen LogP contribution is -2.54. The molecule has 0 spiro atoms. The van der Waals surface area contributed by atoms with Gasteiger partial charge in [0, 0.05) is 18.4 Å². The predicted octanol–water partition coefficient (Wildman–Crippen LogP) is 3.17. The Hall–Kier alpha value is -2.82. The van der Waals surface area contributed by atoms with Gasteiger partial charge in [0.25, 0.3) is 5.91 Å². The van der Waals surface area contributed by atoms with Crippen LogP contribution in [0.15, 0.2) is 42.5 Å². The molecule has 2 aromatic rings. The summed E-state index contributed by atoms with van der Waals surface area (Å²) in [6.07, 6.45) is 1.65. The summed E-state index contributed by atoms with van der Waals surface area (Å²) in [4.78, 5) is 27.5. The Morgan fingerprint density at radius 3 is 2.42 bits per heavy atom. The Bertz CT molecular complexity index is 862. The molecule has 0 radical (unpaired) electrons. The van der Waals surface area contributed by atoms with Crippen molar-refractivity contribution in [1.82, 2.24) is 4.90 Å². The highest BCUT2D eigenvalue weighted by Crippen LogP contribution is 2.45. The van der Waals surface area contributed by atoms with Gasteiger partial charge in [0.15, 0.2) is 17.3 Å². The highest BCUT2D eigenvalue weighted by atomic mass is 16.5. The number of carbonyl (C=O) groups excluding carboxylic acids is 2. The molecule has 0 N–H and O–H groups in total. The Morgan fingerprint density at radius 1 is 1.04 bits per heavy atom. The number of hydrogen-bond donors (Lipinski definition) is 0. The number of amides is 1. The van der Waals surface area contributed by atoms with Crippen molar-refractivity contribution in [2.75, 3.05) is 14.2 Å². The number of fused-ring (bicyclic) bond motifs is 4. The van der Waals surface area contributed by atoms with Crippen LogP contribution in [-0.2, 0) is 11.2 Å². The Morgan fingerprint density at radius 2 is 1.73 bits per heavy atom. The number of piperidine rings is 1. The van der Waals surface area contributed by atoms with Gasteiger partial charge in [-0.3, -0.25) is 9.59 Å². The highest BCUT2D eigenvalue weighted by molar-refractivity contribution is 5.99. The Labute approximate surface area is 152 Å². The van der Waals surface area contributed by atoms with Crippen LogP contribution >= 0.6 is 0 Å². The van der Waals surface area contributed by atoms with Crippen LogP contribution in [-0.4, -0.2) is 36.9 Å². The van der Waals surface area contributed by atoms with E-state index in [0.29, 0.717) is 36.3 Å². The van der Waals surface area contributed by atoms with Gasteiger partial charge in [0.05, 0.1) is 26.3 Å². The highest BCUT2D eigenvalue weighted by Gasteiger charge is 2.44. The minimum Gasteiger partial charge on any atom is -0.493 e. The van der Waals surface area contributed by atoms with Crippen molar-refractivity contribution >= 4 is 11.7 Å². The van der Waals surface area contributed by atoms with Gasteiger partial charge in [0.2, 0.25) is 0 Å². The van der Waals surface area contributed by atoms with Crippen molar-refractivity contribution in [2.45, 2.75) is 31.3 Å². The third-order valence-electron chi connectivity index (χ3n) is 5.38. The first-order valence-corrected chi connectivity index (χ1v) is 8.79. The molecule has 2 atom stereocenters. The van der Waals surface area contributed by atoms with Gasteiger partial charge in [-0.2, -0.15) is 0 Å². The minimum absolute atomic E-state index is 0.0888. The standard InChI is InChI=1S/C21H21NO4/c1-25-19-11-14-10-17-18(23)9-8-16(15(14)12-20(19)26-2)22(17)21(24)13-6-4-3-5-7-13/h3-7,11-12,16-17H,8-10H2,1-2H3. The molecule has 1 fully saturated rings. The monoisotopic (exact) mass is 351 g/mol. The summed E-state index contributed by atoms with van der Waals surface area (Å²) in [6, 6.07) is 12.5. The van der Waals surface area contributed by atoms with E-state index in [1.807, 2.05) is 30.3 Å². The van der Waals surface area contributed by atoms with Gasteiger partial charge in [-0.05, 0) is 41.8 Å². The SMILES string of the molecule is COc1cc2c(cc1OC)C1CCC(=O)C(C2)N1C(=O)c1ccccc1. The average molecular weight is 351 g/mol. The van der Waals surface area contributed by atoms with E-state index in [-0.39, 0.29) is 17.7 Å². The molecule has 1 saturated heterocycles. The van der Waals surface area contributed by atoms with Crippen LogP contribution in [0, 0.1) is 0 Å². The van der Waals surface area contributed by atoms with Crippen LogP contribution < -0.4 is 9.47 Å². The molecule has 2 aliphatic rings. The molecular weight excluding hydrogens is 330 g/mol. The van der Waals surface area contributed by atoms with E-state index >= 15 is 0 Å². The molecule has 1 amide bonds. The van der Waals surface area contributed by atoms with Gasteiger partial charge < -0.3 is 14.4 Å². The second-order valence-corrected chi connectivity index (χ2v) is 6.73. The first-order valence-electron chi connectivity index (χ1n) is 8.79. The van der Waals surface area contributed by atoms with E-state index in [4.69, 9.17) is 9.47 Å². The van der Waals surface area contributed by atoms with Crippen molar-refractivity contribution in [3.05, 3.63) is 59.2 Å². The van der Waals surface area contributed by atoms with E-state index in [0.717, 1.165) is 11.1 Å². The topological polar surface area (TPSA) is 55.8 Å². The number of ketones is 1. The molecule has 0 aliphatic carbocycles. The predicted molar refractivity (Wildman–Crippen MR) is 96.6 cm³/mol. The maximum absolute atomic E-state index is 13.2. The molecule has 134 valence electrons. The number of carbonyl (C=O) groups is 2. The van der Waals surface area contributed by atoms with Gasteiger partial charge >= 0.3 is 0 Å². The summed E-state index contributed by atoms with van der Waals surface area (Å²) in [6.45, 7) is 0. The fourth-order valence-electron chi connectivity index (χ4n) is 4.12. The molecule has 2 aliphatic heterocycles. The maximum Gasteiger partial charge on any atom is 0.254 e. The molecule has 0 aromatic heterocycles. The fourth-order valence-corrected chi connectivity index (χ4v) is 4.12. The van der Waals surface area contributed by atoms with Crippen molar-refractivity contribution in [3.8, 4) is 11.5 Å². The van der Waals surface area contributed by atoms with Crippen molar-refractivity contribution in [3.63, 3.8) is 0 Å². The van der Waals surface area contributed by atoms with Crippen molar-refractivity contribution < 1.29 is 19.1 Å². The van der Waals surface area contributed by atoms with E-state index in [9.17, 15) is 9.59 Å². The average Bonchev–Trinajstić information content (AvgIpc) is 2.69. The molecule has 26 heavy (non-hydrogen) atoms. The van der Waals surface area contributed by atoms with Crippen LogP contribution in [0.25, 0.3) is 0 Å². The zero-order chi connectivity index (χ0) is 18.3. The Balaban J connectivity index is 1.81. The zero-order valence-corrected chi connectivity index (χ0v) is 14.9. The number of rotatable bonds is 3. The number of methoxy groups -OCH3 is 2. The molecule has 5 heteroatoms. The second-order valence-electron chi connectivity index (χ2n) is 6.73. The van der Waals surface area contributed by atoms with E-state index in [1.165, 1.54) is 0 Å². The van der Waals surface area contributed by atoms with Crippen LogP contribution in [0.3, 0.4) is 0 Å². The number of benzene rings is 2. The molecule has 0 saturated carbocycles. The molecule has 2 bridgehead atoms. The van der Waals surface area contributed by atoms with Gasteiger partial charge in [-0.25, -0.2) is 0 Å². The summed E-state index contributed by atoms with van der Waals surface area (Å²) in [7, 11) is 3.21. The van der Waals surface area contributed by atoms with Crippen molar-refractivity contribution in [2.24, 2.45) is 0 Å². The molecule has 2 aromatic carbocycles. The smallest absolute Gasteiger partial charge is 0.254 e. The van der Waals surface area contributed by atoms with Crippen molar-refractivity contribution in [1.29, 1.82) is 0 Å². The first-order chi connectivity index (χ1) is 12.6. The lowest BCUT2D eigenvalue weighted by atomic mass is 9.78. The molecular formula is C21H21NO4. The van der Waals surface area contributed by atoms with Gasteiger partial charge in [0.1, 0.15) is 0 Å². The summed E-state index contributed by atoms with van der Waals surface area (Å²) >= 11 is 0. The maximum atomic E-state index is 13.2. The van der Waals surface area contributed by atoms with E-state index in [2.05, 4.69) is 0 Å². The molecule has 5 nitrogen and oxygen atoms in total. The van der Waals surface area contributed by atoms with Gasteiger partial charge in [-0.1, -0.05) is 18.2 Å². The number of Topliss-reactive ketones (excluding diaryl/α,β-unsaturated/α-hetero) is 1. The minimum atomic E-state index is -0.410. The van der Waals surface area contributed by atoms with E-state index in [1.54, 1.807) is 31.3 Å². The third kappa shape index (κ3) is 2.55. The summed E-state index contributed by atoms with van der Waals surface area (Å²) in [5, 5.41) is 0. The number of hydrogen-bond acceptors (Lipinski definition) is 4. The normalized spacial score (nSPS) is 21.2. The molecule has 2 heterocycles. The summed E-state index contributed by atoms with van der Waals surface area (Å²) in [5.41, 5.74) is 2.72. The lowest BCUT2D eigenvalue weighted by Gasteiger charge is -2.46. The van der Waals surface area contributed by atoms with Crippen LogP contribution in [0.4, 0.5) is 0 Å². The molecule has 2 unspecified atom stereocenters. The summed E-state index contributed by atoms with van der Waals surface area (Å²) in [5.74, 6) is 1.34. The van der Waals surface area contributed by atoms with E-state index < -0.39 is 6.04 Å². The largest absolute Gasteiger partial charge is 0.493 e. The van der Waals surface area contributed by atoms with Crippen LogP contribution in [0.1, 0.15) is 40.4 Å². The second kappa shape index (κ2) is 6.48. The van der Waals surface area contributed by atoms with Crippen LogP contribution in [0.2, 0.25) is 0 Å². The lowest BCUT2D eigenvalue weighted by molar-refractivity contribution is -0.128. The Kier molecular flexibility index (Phi) is 4.15. The molecule has 4 rings (SSSR count). The fraction of sp³-hybridized carbons (Fsp3) is 0.333. The summed E-state index contributed by atoms with van der Waals surface area (Å²) < 4.78 is 10.9. The number of nitrogens with zero attached hydrogens (tertiary/aromatic N) is 1. The first kappa shape index (κ1) is 16.6.